The Morgan fingerprint density at radius 2 is 2.31 bits per heavy atom. The first-order valence-corrected chi connectivity index (χ1v) is 8.46. The topological polar surface area (TPSA) is 130 Å². The SMILES string of the molecule is CC1CCN(C(=O)CC#N)CC1N(C)/C(=C(/C=N)C(N)=O)c1ccc[nH]1. The molecule has 2 amide bonds. The van der Waals surface area contributed by atoms with Crippen molar-refractivity contribution in [3.63, 3.8) is 0 Å². The second-order valence-corrected chi connectivity index (χ2v) is 6.47. The molecule has 1 aromatic rings. The van der Waals surface area contributed by atoms with Crippen LogP contribution in [-0.2, 0) is 9.59 Å². The Kier molecular flexibility index (Phi) is 6.17. The van der Waals surface area contributed by atoms with Crippen molar-refractivity contribution in [1.29, 1.82) is 10.7 Å². The van der Waals surface area contributed by atoms with Crippen LogP contribution in [0.2, 0.25) is 0 Å². The van der Waals surface area contributed by atoms with Crippen LogP contribution in [0.5, 0.6) is 0 Å². The van der Waals surface area contributed by atoms with Gasteiger partial charge in [-0.25, -0.2) is 0 Å². The summed E-state index contributed by atoms with van der Waals surface area (Å²) in [5, 5.41) is 16.4. The van der Waals surface area contributed by atoms with Crippen LogP contribution in [0.1, 0.15) is 25.5 Å². The van der Waals surface area contributed by atoms with Gasteiger partial charge in [-0.2, -0.15) is 5.26 Å². The first-order valence-electron chi connectivity index (χ1n) is 8.46. The number of piperidine rings is 1. The van der Waals surface area contributed by atoms with Crippen molar-refractivity contribution < 1.29 is 9.59 Å². The van der Waals surface area contributed by atoms with Gasteiger partial charge in [0.15, 0.2) is 0 Å². The predicted octanol–water partition coefficient (Wildman–Crippen LogP) is 0.943. The number of H-pyrrole nitrogens is 1. The van der Waals surface area contributed by atoms with Gasteiger partial charge in [-0.15, -0.1) is 0 Å². The van der Waals surface area contributed by atoms with E-state index in [9.17, 15) is 9.59 Å². The number of primary amides is 1. The van der Waals surface area contributed by atoms with Gasteiger partial charge in [-0.05, 0) is 24.5 Å². The third-order valence-electron chi connectivity index (χ3n) is 4.87. The van der Waals surface area contributed by atoms with Gasteiger partial charge in [0.1, 0.15) is 6.42 Å². The Morgan fingerprint density at radius 3 is 2.85 bits per heavy atom. The van der Waals surface area contributed by atoms with Gasteiger partial charge < -0.3 is 25.9 Å². The number of nitrogens with one attached hydrogen (secondary N) is 2. The van der Waals surface area contributed by atoms with Crippen molar-refractivity contribution in [2.75, 3.05) is 20.1 Å². The summed E-state index contributed by atoms with van der Waals surface area (Å²) < 4.78 is 0. The Bertz CT molecular complexity index is 746. The standard InChI is InChI=1S/C18H24N6O2/c1-12-6-9-24(16(25)5-7-19)11-15(12)23(2)17(13(10-20)18(21)26)14-4-3-8-22-14/h3-4,8,10,12,15,20,22H,5-6,9,11H2,1-2H3,(H2,21,26)/b17-13-,20-10?. The number of nitrogens with two attached hydrogens (primary N) is 1. The highest BCUT2D eigenvalue weighted by Gasteiger charge is 2.33. The lowest BCUT2D eigenvalue weighted by Gasteiger charge is -2.43. The molecule has 1 aliphatic rings. The number of hydrogen-bond acceptors (Lipinski definition) is 5. The van der Waals surface area contributed by atoms with Crippen LogP contribution in [0.3, 0.4) is 0 Å². The number of aromatic nitrogens is 1. The van der Waals surface area contributed by atoms with Crippen LogP contribution in [-0.4, -0.2) is 59.0 Å². The molecule has 4 N–H and O–H groups in total. The van der Waals surface area contributed by atoms with E-state index in [0.717, 1.165) is 12.6 Å². The summed E-state index contributed by atoms with van der Waals surface area (Å²) >= 11 is 0. The molecule has 26 heavy (non-hydrogen) atoms. The molecule has 2 heterocycles. The number of carbonyl (C=O) groups excluding carboxylic acids is 2. The van der Waals surface area contributed by atoms with Crippen LogP contribution in [0.25, 0.3) is 5.70 Å². The van der Waals surface area contributed by atoms with E-state index < -0.39 is 5.91 Å². The van der Waals surface area contributed by atoms with Gasteiger partial charge in [-0.3, -0.25) is 9.59 Å². The molecule has 2 atom stereocenters. The lowest BCUT2D eigenvalue weighted by atomic mass is 9.91. The normalized spacial score (nSPS) is 20.7. The number of amides is 2. The molecule has 1 aliphatic heterocycles. The van der Waals surface area contributed by atoms with E-state index in [-0.39, 0.29) is 29.9 Å². The van der Waals surface area contributed by atoms with Gasteiger partial charge in [0.2, 0.25) is 5.91 Å². The Balaban J connectivity index is 2.39. The van der Waals surface area contributed by atoms with Crippen LogP contribution < -0.4 is 5.73 Å². The number of likely N-dealkylation sites (tertiary alicyclic amines) is 1. The molecule has 0 aromatic carbocycles. The minimum atomic E-state index is -0.683. The molecule has 8 heteroatoms. The molecule has 2 rings (SSSR count). The molecule has 0 radical (unpaired) electrons. The molecule has 0 aliphatic carbocycles. The molecule has 8 nitrogen and oxygen atoms in total. The zero-order valence-corrected chi connectivity index (χ0v) is 15.0. The quantitative estimate of drug-likeness (QED) is 0.517. The van der Waals surface area contributed by atoms with Crippen molar-refractivity contribution in [3.05, 3.63) is 29.6 Å². The molecule has 0 bridgehead atoms. The van der Waals surface area contributed by atoms with Gasteiger partial charge in [-0.1, -0.05) is 6.92 Å². The molecule has 2 unspecified atom stereocenters. The monoisotopic (exact) mass is 356 g/mol. The number of nitrogens with zero attached hydrogens (tertiary/aromatic N) is 3. The fourth-order valence-electron chi connectivity index (χ4n) is 3.38. The van der Waals surface area contributed by atoms with E-state index in [1.165, 1.54) is 0 Å². The highest BCUT2D eigenvalue weighted by molar-refractivity contribution is 6.16. The smallest absolute Gasteiger partial charge is 0.252 e. The van der Waals surface area contributed by atoms with Crippen molar-refractivity contribution in [1.82, 2.24) is 14.8 Å². The van der Waals surface area contributed by atoms with Crippen molar-refractivity contribution in [2.24, 2.45) is 11.7 Å². The number of aromatic amines is 1. The highest BCUT2D eigenvalue weighted by atomic mass is 16.2. The average Bonchev–Trinajstić information content (AvgIpc) is 3.13. The largest absolute Gasteiger partial charge is 0.367 e. The molecular formula is C18H24N6O2. The molecular weight excluding hydrogens is 332 g/mol. The maximum Gasteiger partial charge on any atom is 0.252 e. The molecule has 1 saturated heterocycles. The summed E-state index contributed by atoms with van der Waals surface area (Å²) in [7, 11) is 1.84. The van der Waals surface area contributed by atoms with Crippen molar-refractivity contribution in [3.8, 4) is 6.07 Å². The molecule has 138 valence electrons. The molecule has 1 fully saturated rings. The number of rotatable bonds is 6. The summed E-state index contributed by atoms with van der Waals surface area (Å²) in [5.41, 5.74) is 6.79. The average molecular weight is 356 g/mol. The first kappa shape index (κ1) is 19.2. The van der Waals surface area contributed by atoms with E-state index in [1.807, 2.05) is 24.1 Å². The Morgan fingerprint density at radius 1 is 1.58 bits per heavy atom. The maximum atomic E-state index is 12.1. The zero-order valence-electron chi connectivity index (χ0n) is 15.0. The van der Waals surface area contributed by atoms with E-state index in [1.54, 1.807) is 17.2 Å². The lowest BCUT2D eigenvalue weighted by molar-refractivity contribution is -0.132. The second kappa shape index (κ2) is 8.34. The fourth-order valence-corrected chi connectivity index (χ4v) is 3.38. The lowest BCUT2D eigenvalue weighted by Crippen LogP contribution is -2.52. The van der Waals surface area contributed by atoms with E-state index >= 15 is 0 Å². The van der Waals surface area contributed by atoms with Crippen molar-refractivity contribution >= 4 is 23.7 Å². The zero-order chi connectivity index (χ0) is 19.3. The second-order valence-electron chi connectivity index (χ2n) is 6.47. The number of hydrogen-bond donors (Lipinski definition) is 3. The highest BCUT2D eigenvalue weighted by Crippen LogP contribution is 2.29. The fraction of sp³-hybridized carbons (Fsp3) is 0.444. The molecule has 1 aromatic heterocycles. The Hall–Kier alpha value is -3.08. The van der Waals surface area contributed by atoms with Crippen LogP contribution in [0, 0.1) is 22.7 Å². The number of nitriles is 1. The molecule has 0 saturated carbocycles. The minimum Gasteiger partial charge on any atom is -0.367 e. The van der Waals surface area contributed by atoms with E-state index in [2.05, 4.69) is 11.9 Å². The van der Waals surface area contributed by atoms with Crippen LogP contribution in [0.4, 0.5) is 0 Å². The first-order chi connectivity index (χ1) is 12.4. The molecule has 0 spiro atoms. The van der Waals surface area contributed by atoms with E-state index in [0.29, 0.717) is 24.5 Å². The van der Waals surface area contributed by atoms with E-state index in [4.69, 9.17) is 16.4 Å². The van der Waals surface area contributed by atoms with Gasteiger partial charge >= 0.3 is 0 Å². The third kappa shape index (κ3) is 3.94. The summed E-state index contributed by atoms with van der Waals surface area (Å²) in [6.45, 7) is 3.15. The summed E-state index contributed by atoms with van der Waals surface area (Å²) in [4.78, 5) is 30.6. The maximum absolute atomic E-state index is 12.1. The van der Waals surface area contributed by atoms with Crippen LogP contribution in [0.15, 0.2) is 23.9 Å². The predicted molar refractivity (Wildman–Crippen MR) is 97.8 cm³/mol. The van der Waals surface area contributed by atoms with Gasteiger partial charge in [0.05, 0.1) is 23.0 Å². The number of likely N-dealkylation sites (N-methyl/N-ethyl adjacent to an activating group) is 1. The number of carbonyl (C=O) groups is 2. The van der Waals surface area contributed by atoms with Crippen molar-refractivity contribution in [2.45, 2.75) is 25.8 Å². The summed E-state index contributed by atoms with van der Waals surface area (Å²) in [6.07, 6.45) is 3.34. The summed E-state index contributed by atoms with van der Waals surface area (Å²) in [5.74, 6) is -0.612. The minimum absolute atomic E-state index is 0.0704. The Labute approximate surface area is 152 Å². The van der Waals surface area contributed by atoms with Gasteiger partial charge in [0, 0.05) is 38.6 Å². The van der Waals surface area contributed by atoms with Crippen LogP contribution >= 0.6 is 0 Å². The third-order valence-corrected chi connectivity index (χ3v) is 4.87. The summed E-state index contributed by atoms with van der Waals surface area (Å²) in [6, 6.07) is 5.44. The van der Waals surface area contributed by atoms with Gasteiger partial charge in [0.25, 0.3) is 5.91 Å².